The van der Waals surface area contributed by atoms with E-state index in [-0.39, 0.29) is 0 Å². The van der Waals surface area contributed by atoms with E-state index in [2.05, 4.69) is 53.8 Å². The van der Waals surface area contributed by atoms with Gasteiger partial charge in [0.15, 0.2) is 0 Å². The Labute approximate surface area is 108 Å². The normalized spacial score (nSPS) is 12.8. The molecule has 16 heavy (non-hydrogen) atoms. The first-order valence-electron chi connectivity index (χ1n) is 6.22. The summed E-state index contributed by atoms with van der Waals surface area (Å²) in [6.07, 6.45) is 6.54. The van der Waals surface area contributed by atoms with E-state index in [4.69, 9.17) is 0 Å². The highest BCUT2D eigenvalue weighted by molar-refractivity contribution is 9.09. The van der Waals surface area contributed by atoms with Crippen LogP contribution in [0.1, 0.15) is 60.8 Å². The van der Waals surface area contributed by atoms with Gasteiger partial charge >= 0.3 is 0 Å². The number of aryl methyl sites for hydroxylation is 2. The molecule has 0 spiro atoms. The summed E-state index contributed by atoms with van der Waals surface area (Å²) in [6, 6.07) is 4.37. The predicted molar refractivity (Wildman–Crippen MR) is 74.1 cm³/mol. The Morgan fingerprint density at radius 3 is 2.31 bits per heavy atom. The predicted octanol–water partition coefficient (Wildman–Crippen LogP) is 5.10. The summed E-state index contributed by atoms with van der Waals surface area (Å²) in [6.45, 7) is 6.38. The van der Waals surface area contributed by atoms with Crippen molar-refractivity contribution in [3.05, 3.63) is 29.1 Å². The third-order valence-corrected chi connectivity index (χ3v) is 3.76. The smallest absolute Gasteiger partial charge is 0.0396 e. The Bertz CT molecular complexity index is 302. The minimum Gasteiger partial charge on any atom is -0.258 e. The number of halogens is 1. The summed E-state index contributed by atoms with van der Waals surface area (Å²) in [5.74, 6) is 0. The van der Waals surface area contributed by atoms with Crippen molar-refractivity contribution in [3.8, 4) is 0 Å². The lowest BCUT2D eigenvalue weighted by atomic mass is 10.0. The standard InChI is InChI=1S/C14H22BrN/c1-4-5-6-7-8-14(15)13-9-11(2)16-12(3)10-13/h9-10,14H,4-8H2,1-3H3. The van der Waals surface area contributed by atoms with Crippen LogP contribution in [0.4, 0.5) is 0 Å². The second kappa shape index (κ2) is 7.05. The fourth-order valence-corrected chi connectivity index (χ4v) is 2.55. The first-order valence-corrected chi connectivity index (χ1v) is 7.14. The van der Waals surface area contributed by atoms with Crippen molar-refractivity contribution >= 4 is 15.9 Å². The largest absolute Gasteiger partial charge is 0.258 e. The van der Waals surface area contributed by atoms with Crippen LogP contribution in [0.2, 0.25) is 0 Å². The van der Waals surface area contributed by atoms with Gasteiger partial charge in [0.1, 0.15) is 0 Å². The van der Waals surface area contributed by atoms with Gasteiger partial charge in [0.05, 0.1) is 0 Å². The van der Waals surface area contributed by atoms with Gasteiger partial charge in [-0.3, -0.25) is 4.98 Å². The van der Waals surface area contributed by atoms with Gasteiger partial charge in [-0.25, -0.2) is 0 Å². The van der Waals surface area contributed by atoms with E-state index in [9.17, 15) is 0 Å². The van der Waals surface area contributed by atoms with Crippen LogP contribution >= 0.6 is 15.9 Å². The number of hydrogen-bond donors (Lipinski definition) is 0. The fourth-order valence-electron chi connectivity index (χ4n) is 1.96. The third-order valence-electron chi connectivity index (χ3n) is 2.78. The fraction of sp³-hybridized carbons (Fsp3) is 0.643. The Hall–Kier alpha value is -0.370. The van der Waals surface area contributed by atoms with Gasteiger partial charge in [0, 0.05) is 16.2 Å². The third kappa shape index (κ3) is 4.65. The number of alkyl halides is 1. The van der Waals surface area contributed by atoms with Gasteiger partial charge in [0.2, 0.25) is 0 Å². The molecule has 2 heteroatoms. The summed E-state index contributed by atoms with van der Waals surface area (Å²) < 4.78 is 0. The van der Waals surface area contributed by atoms with Crippen molar-refractivity contribution in [2.75, 3.05) is 0 Å². The maximum absolute atomic E-state index is 4.41. The van der Waals surface area contributed by atoms with E-state index in [0.717, 1.165) is 11.4 Å². The number of pyridine rings is 1. The van der Waals surface area contributed by atoms with Crippen LogP contribution in [-0.4, -0.2) is 4.98 Å². The topological polar surface area (TPSA) is 12.9 Å². The summed E-state index contributed by atoms with van der Waals surface area (Å²) in [5, 5.41) is 0. The van der Waals surface area contributed by atoms with Gasteiger partial charge in [0.25, 0.3) is 0 Å². The van der Waals surface area contributed by atoms with Crippen molar-refractivity contribution in [3.63, 3.8) is 0 Å². The molecule has 0 fully saturated rings. The molecule has 0 saturated heterocycles. The van der Waals surface area contributed by atoms with E-state index in [1.54, 1.807) is 0 Å². The molecule has 90 valence electrons. The average Bonchev–Trinajstić information content (AvgIpc) is 2.22. The number of nitrogens with zero attached hydrogens (tertiary/aromatic N) is 1. The molecule has 0 radical (unpaired) electrons. The van der Waals surface area contributed by atoms with E-state index in [0.29, 0.717) is 4.83 Å². The number of rotatable bonds is 6. The molecule has 1 heterocycles. The molecule has 1 aromatic rings. The van der Waals surface area contributed by atoms with Gasteiger partial charge in [-0.2, -0.15) is 0 Å². The zero-order valence-corrected chi connectivity index (χ0v) is 12.2. The highest BCUT2D eigenvalue weighted by Crippen LogP contribution is 2.29. The first kappa shape index (κ1) is 13.7. The van der Waals surface area contributed by atoms with Crippen LogP contribution in [-0.2, 0) is 0 Å². The minimum atomic E-state index is 0.491. The molecule has 1 rings (SSSR count). The van der Waals surface area contributed by atoms with Crippen molar-refractivity contribution in [2.45, 2.75) is 57.7 Å². The van der Waals surface area contributed by atoms with E-state index in [1.807, 2.05) is 0 Å². The van der Waals surface area contributed by atoms with Crippen molar-refractivity contribution in [1.82, 2.24) is 4.98 Å². The number of hydrogen-bond acceptors (Lipinski definition) is 1. The average molecular weight is 284 g/mol. The summed E-state index contributed by atoms with van der Waals surface area (Å²) in [4.78, 5) is 4.90. The Morgan fingerprint density at radius 1 is 1.12 bits per heavy atom. The lowest BCUT2D eigenvalue weighted by Crippen LogP contribution is -1.95. The van der Waals surface area contributed by atoms with Crippen LogP contribution in [0.15, 0.2) is 12.1 Å². The van der Waals surface area contributed by atoms with Crippen LogP contribution in [0.3, 0.4) is 0 Å². The Balaban J connectivity index is 2.48. The molecule has 0 N–H and O–H groups in total. The maximum Gasteiger partial charge on any atom is 0.0396 e. The molecule has 1 atom stereocenters. The van der Waals surface area contributed by atoms with E-state index < -0.39 is 0 Å². The molecule has 0 aromatic carbocycles. The van der Waals surface area contributed by atoms with Crippen molar-refractivity contribution in [2.24, 2.45) is 0 Å². The molecular weight excluding hydrogens is 262 g/mol. The second-order valence-corrected chi connectivity index (χ2v) is 5.61. The molecule has 0 amide bonds. The van der Waals surface area contributed by atoms with Gasteiger partial charge in [-0.05, 0) is 38.0 Å². The summed E-state index contributed by atoms with van der Waals surface area (Å²) >= 11 is 3.78. The molecule has 1 nitrogen and oxygen atoms in total. The van der Waals surface area contributed by atoms with Crippen LogP contribution in [0.5, 0.6) is 0 Å². The molecule has 0 aliphatic carbocycles. The molecule has 0 aliphatic rings. The van der Waals surface area contributed by atoms with Crippen LogP contribution < -0.4 is 0 Å². The summed E-state index contributed by atoms with van der Waals surface area (Å²) in [5.41, 5.74) is 3.61. The monoisotopic (exact) mass is 283 g/mol. The molecule has 0 aliphatic heterocycles. The van der Waals surface area contributed by atoms with Gasteiger partial charge < -0.3 is 0 Å². The van der Waals surface area contributed by atoms with E-state index in [1.165, 1.54) is 37.7 Å². The van der Waals surface area contributed by atoms with Crippen molar-refractivity contribution in [1.29, 1.82) is 0 Å². The molecule has 1 aromatic heterocycles. The Morgan fingerprint density at radius 2 is 1.75 bits per heavy atom. The zero-order valence-electron chi connectivity index (χ0n) is 10.6. The Kier molecular flexibility index (Phi) is 6.04. The molecule has 1 unspecified atom stereocenters. The highest BCUT2D eigenvalue weighted by Gasteiger charge is 2.08. The quantitative estimate of drug-likeness (QED) is 0.523. The zero-order chi connectivity index (χ0) is 12.0. The van der Waals surface area contributed by atoms with Gasteiger partial charge in [-0.15, -0.1) is 0 Å². The number of unbranched alkanes of at least 4 members (excludes halogenated alkanes) is 3. The minimum absolute atomic E-state index is 0.491. The SMILES string of the molecule is CCCCCCC(Br)c1cc(C)nc(C)c1. The number of aromatic nitrogens is 1. The lowest BCUT2D eigenvalue weighted by Gasteiger charge is -2.11. The molecule has 0 saturated carbocycles. The highest BCUT2D eigenvalue weighted by atomic mass is 79.9. The maximum atomic E-state index is 4.41. The van der Waals surface area contributed by atoms with Crippen molar-refractivity contribution < 1.29 is 0 Å². The molecular formula is C14H22BrN. The summed E-state index contributed by atoms with van der Waals surface area (Å²) in [7, 11) is 0. The lowest BCUT2D eigenvalue weighted by molar-refractivity contribution is 0.629. The second-order valence-electron chi connectivity index (χ2n) is 4.50. The van der Waals surface area contributed by atoms with E-state index >= 15 is 0 Å². The van der Waals surface area contributed by atoms with Gasteiger partial charge in [-0.1, -0.05) is 48.5 Å². The molecule has 0 bridgehead atoms. The van der Waals surface area contributed by atoms with Crippen LogP contribution in [0.25, 0.3) is 0 Å². The van der Waals surface area contributed by atoms with Crippen LogP contribution in [0, 0.1) is 13.8 Å². The first-order chi connectivity index (χ1) is 7.63.